The first kappa shape index (κ1) is 20.6. The Balaban J connectivity index is 1.84. The highest BCUT2D eigenvalue weighted by atomic mass is 32.2. The molecule has 1 atom stereocenters. The van der Waals surface area contributed by atoms with Gasteiger partial charge in [0, 0.05) is 18.7 Å². The highest BCUT2D eigenvalue weighted by molar-refractivity contribution is 7.89. The largest absolute Gasteiger partial charge is 0.346 e. The van der Waals surface area contributed by atoms with Crippen molar-refractivity contribution >= 4 is 15.9 Å². The van der Waals surface area contributed by atoms with Crippen LogP contribution in [-0.4, -0.2) is 31.7 Å². The Kier molecular flexibility index (Phi) is 6.20. The van der Waals surface area contributed by atoms with Gasteiger partial charge in [-0.25, -0.2) is 8.42 Å². The van der Waals surface area contributed by atoms with Crippen molar-refractivity contribution in [3.8, 4) is 0 Å². The van der Waals surface area contributed by atoms with Crippen molar-refractivity contribution in [2.24, 2.45) is 0 Å². The first-order valence-electron chi connectivity index (χ1n) is 9.78. The monoisotopic (exact) mass is 400 g/mol. The van der Waals surface area contributed by atoms with Crippen LogP contribution in [0.25, 0.3) is 0 Å². The van der Waals surface area contributed by atoms with Crippen LogP contribution in [0.1, 0.15) is 59.3 Å². The average molecular weight is 401 g/mol. The molecule has 1 saturated heterocycles. The van der Waals surface area contributed by atoms with Crippen molar-refractivity contribution < 1.29 is 13.2 Å². The molecular weight excluding hydrogens is 372 g/mol. The molecule has 0 saturated carbocycles. The molecule has 1 fully saturated rings. The SMILES string of the molecule is Cc1ccccc1C(C)NC(=O)c1ccc(C)c(S(=O)(=O)N2CCCCC2)c1. The summed E-state index contributed by atoms with van der Waals surface area (Å²) in [6, 6.07) is 12.6. The number of aryl methyl sites for hydroxylation is 2. The minimum Gasteiger partial charge on any atom is -0.346 e. The second-order valence-corrected chi connectivity index (χ2v) is 9.40. The van der Waals surface area contributed by atoms with Crippen LogP contribution in [0.2, 0.25) is 0 Å². The lowest BCUT2D eigenvalue weighted by atomic mass is 10.0. The Labute approximate surface area is 167 Å². The molecule has 1 aliphatic rings. The van der Waals surface area contributed by atoms with Gasteiger partial charge in [-0.15, -0.1) is 0 Å². The molecule has 2 aromatic carbocycles. The summed E-state index contributed by atoms with van der Waals surface area (Å²) in [4.78, 5) is 13.0. The smallest absolute Gasteiger partial charge is 0.251 e. The molecule has 1 aliphatic heterocycles. The zero-order chi connectivity index (χ0) is 20.3. The van der Waals surface area contributed by atoms with E-state index in [1.54, 1.807) is 19.1 Å². The van der Waals surface area contributed by atoms with Gasteiger partial charge in [0.1, 0.15) is 0 Å². The van der Waals surface area contributed by atoms with E-state index in [1.807, 2.05) is 38.1 Å². The lowest BCUT2D eigenvalue weighted by Crippen LogP contribution is -2.36. The third kappa shape index (κ3) is 4.28. The molecule has 28 heavy (non-hydrogen) atoms. The van der Waals surface area contributed by atoms with Crippen LogP contribution in [0, 0.1) is 13.8 Å². The summed E-state index contributed by atoms with van der Waals surface area (Å²) in [7, 11) is -3.58. The van der Waals surface area contributed by atoms with Gasteiger partial charge in [0.05, 0.1) is 10.9 Å². The molecule has 0 spiro atoms. The summed E-state index contributed by atoms with van der Waals surface area (Å²) in [5.74, 6) is -0.272. The van der Waals surface area contributed by atoms with E-state index < -0.39 is 10.0 Å². The van der Waals surface area contributed by atoms with Gasteiger partial charge < -0.3 is 5.32 Å². The van der Waals surface area contributed by atoms with E-state index in [2.05, 4.69) is 5.32 Å². The Morgan fingerprint density at radius 3 is 2.36 bits per heavy atom. The second kappa shape index (κ2) is 8.45. The van der Waals surface area contributed by atoms with Crippen molar-refractivity contribution in [1.29, 1.82) is 0 Å². The first-order valence-corrected chi connectivity index (χ1v) is 11.2. The zero-order valence-electron chi connectivity index (χ0n) is 16.7. The van der Waals surface area contributed by atoms with Gasteiger partial charge in [0.25, 0.3) is 5.91 Å². The quantitative estimate of drug-likeness (QED) is 0.826. The molecule has 150 valence electrons. The highest BCUT2D eigenvalue weighted by Crippen LogP contribution is 2.25. The predicted molar refractivity (Wildman–Crippen MR) is 111 cm³/mol. The van der Waals surface area contributed by atoms with Crippen molar-refractivity contribution in [1.82, 2.24) is 9.62 Å². The summed E-state index contributed by atoms with van der Waals surface area (Å²) in [6.45, 7) is 6.80. The Hall–Kier alpha value is -2.18. The van der Waals surface area contributed by atoms with Gasteiger partial charge in [-0.05, 0) is 62.4 Å². The van der Waals surface area contributed by atoms with Crippen molar-refractivity contribution in [2.75, 3.05) is 13.1 Å². The molecule has 0 radical (unpaired) electrons. The molecule has 1 heterocycles. The molecule has 1 N–H and O–H groups in total. The van der Waals surface area contributed by atoms with Gasteiger partial charge in [-0.2, -0.15) is 4.31 Å². The highest BCUT2D eigenvalue weighted by Gasteiger charge is 2.28. The fourth-order valence-corrected chi connectivity index (χ4v) is 5.46. The van der Waals surface area contributed by atoms with Gasteiger partial charge in [0.15, 0.2) is 0 Å². The van der Waals surface area contributed by atoms with E-state index in [9.17, 15) is 13.2 Å². The average Bonchev–Trinajstić information content (AvgIpc) is 2.69. The summed E-state index contributed by atoms with van der Waals surface area (Å²) in [5, 5.41) is 2.98. The fraction of sp³-hybridized carbons (Fsp3) is 0.409. The minimum atomic E-state index is -3.58. The lowest BCUT2D eigenvalue weighted by molar-refractivity contribution is 0.0939. The second-order valence-electron chi connectivity index (χ2n) is 7.50. The lowest BCUT2D eigenvalue weighted by Gasteiger charge is -2.26. The van der Waals surface area contributed by atoms with Crippen LogP contribution < -0.4 is 5.32 Å². The van der Waals surface area contributed by atoms with Gasteiger partial charge in [-0.3, -0.25) is 4.79 Å². The molecule has 3 rings (SSSR count). The van der Waals surface area contributed by atoms with Crippen molar-refractivity contribution in [3.05, 3.63) is 64.7 Å². The molecule has 1 unspecified atom stereocenters. The topological polar surface area (TPSA) is 66.5 Å². The maximum atomic E-state index is 13.1. The molecule has 0 aromatic heterocycles. The van der Waals surface area contributed by atoms with E-state index in [0.29, 0.717) is 24.2 Å². The molecule has 5 nitrogen and oxygen atoms in total. The number of piperidine rings is 1. The Morgan fingerprint density at radius 1 is 1.00 bits per heavy atom. The zero-order valence-corrected chi connectivity index (χ0v) is 17.6. The minimum absolute atomic E-state index is 0.169. The number of carbonyl (C=O) groups excluding carboxylic acids is 1. The summed E-state index contributed by atoms with van der Waals surface area (Å²) in [5.41, 5.74) is 3.17. The molecular formula is C22H28N2O3S. The Morgan fingerprint density at radius 2 is 1.68 bits per heavy atom. The summed E-state index contributed by atoms with van der Waals surface area (Å²) < 4.78 is 27.7. The number of nitrogens with zero attached hydrogens (tertiary/aromatic N) is 1. The van der Waals surface area contributed by atoms with Crippen LogP contribution in [-0.2, 0) is 10.0 Å². The number of nitrogens with one attached hydrogen (secondary N) is 1. The third-order valence-electron chi connectivity index (χ3n) is 5.39. The first-order chi connectivity index (χ1) is 13.3. The number of sulfonamides is 1. The molecule has 0 bridgehead atoms. The number of carbonyl (C=O) groups is 1. The van der Waals surface area contributed by atoms with Gasteiger partial charge in [0.2, 0.25) is 10.0 Å². The van der Waals surface area contributed by atoms with Crippen molar-refractivity contribution in [2.45, 2.75) is 51.0 Å². The van der Waals surface area contributed by atoms with E-state index in [-0.39, 0.29) is 16.8 Å². The fourth-order valence-electron chi connectivity index (χ4n) is 3.69. The van der Waals surface area contributed by atoms with E-state index in [1.165, 1.54) is 10.4 Å². The van der Waals surface area contributed by atoms with Crippen LogP contribution in [0.15, 0.2) is 47.4 Å². The van der Waals surface area contributed by atoms with Crippen LogP contribution >= 0.6 is 0 Å². The number of hydrogen-bond acceptors (Lipinski definition) is 3. The summed E-state index contributed by atoms with van der Waals surface area (Å²) >= 11 is 0. The van der Waals surface area contributed by atoms with Crippen LogP contribution in [0.3, 0.4) is 0 Å². The third-order valence-corrected chi connectivity index (χ3v) is 7.43. The Bertz CT molecular complexity index is 963. The van der Waals surface area contributed by atoms with E-state index in [4.69, 9.17) is 0 Å². The van der Waals surface area contributed by atoms with Gasteiger partial charge >= 0.3 is 0 Å². The van der Waals surface area contributed by atoms with E-state index in [0.717, 1.165) is 30.4 Å². The number of hydrogen-bond donors (Lipinski definition) is 1. The number of benzene rings is 2. The standard InChI is InChI=1S/C22H28N2O3S/c1-16-9-5-6-10-20(16)18(3)23-22(25)19-12-11-17(2)21(15-19)28(26,27)24-13-7-4-8-14-24/h5-6,9-12,15,18H,4,7-8,13-14H2,1-3H3,(H,23,25). The molecule has 1 amide bonds. The van der Waals surface area contributed by atoms with Crippen molar-refractivity contribution in [3.63, 3.8) is 0 Å². The van der Waals surface area contributed by atoms with Gasteiger partial charge in [-0.1, -0.05) is 36.8 Å². The molecule has 6 heteroatoms. The van der Waals surface area contributed by atoms with Crippen LogP contribution in [0.5, 0.6) is 0 Å². The van der Waals surface area contributed by atoms with Crippen LogP contribution in [0.4, 0.5) is 0 Å². The summed E-state index contributed by atoms with van der Waals surface area (Å²) in [6.07, 6.45) is 2.82. The van der Waals surface area contributed by atoms with E-state index >= 15 is 0 Å². The maximum Gasteiger partial charge on any atom is 0.251 e. The molecule has 2 aromatic rings. The predicted octanol–water partition coefficient (Wildman–Crippen LogP) is 3.97. The maximum absolute atomic E-state index is 13.1. The normalized spacial score (nSPS) is 16.5. The number of rotatable bonds is 5. The number of amides is 1. The molecule has 0 aliphatic carbocycles.